The molecule has 1 saturated heterocycles. The molecule has 4 nitrogen and oxygen atoms in total. The van der Waals surface area contributed by atoms with Crippen molar-refractivity contribution in [3.8, 4) is 0 Å². The van der Waals surface area contributed by atoms with Crippen LogP contribution >= 0.6 is 0 Å². The maximum Gasteiger partial charge on any atom is 0.249 e. The number of carbonyl (C=O) groups excluding carboxylic acids is 1. The van der Waals surface area contributed by atoms with Crippen LogP contribution in [0.5, 0.6) is 0 Å². The number of hydrogen-bond acceptors (Lipinski definition) is 3. The summed E-state index contributed by atoms with van der Waals surface area (Å²) >= 11 is 0. The molecule has 3 rings (SSSR count). The fourth-order valence-corrected chi connectivity index (χ4v) is 3.60. The topological polar surface area (TPSA) is 52.6 Å². The molecular formula is C19H28N2O2. The Morgan fingerprint density at radius 3 is 2.48 bits per heavy atom. The van der Waals surface area contributed by atoms with E-state index in [1.807, 2.05) is 0 Å². The molecule has 2 aliphatic rings. The number of benzene rings is 1. The number of rotatable bonds is 5. The Morgan fingerprint density at radius 2 is 1.87 bits per heavy atom. The molecule has 1 amide bonds. The molecule has 1 aromatic carbocycles. The van der Waals surface area contributed by atoms with Crippen molar-refractivity contribution in [2.24, 2.45) is 5.92 Å². The third-order valence-electron chi connectivity index (χ3n) is 5.40. The molecule has 1 aromatic rings. The Bertz CT molecular complexity index is 548. The number of hydrogen-bond donors (Lipinski definition) is 2. The molecule has 0 bridgehead atoms. The lowest BCUT2D eigenvalue weighted by Gasteiger charge is -2.37. The normalized spacial score (nSPS) is 22.6. The van der Waals surface area contributed by atoms with Gasteiger partial charge in [0.05, 0.1) is 0 Å². The van der Waals surface area contributed by atoms with Crippen LogP contribution in [0.2, 0.25) is 0 Å². The van der Waals surface area contributed by atoms with Gasteiger partial charge in [-0.1, -0.05) is 24.3 Å². The Labute approximate surface area is 138 Å². The van der Waals surface area contributed by atoms with Crippen molar-refractivity contribution < 1.29 is 9.90 Å². The number of piperidine rings is 1. The minimum atomic E-state index is -0.841. The number of amides is 1. The van der Waals surface area contributed by atoms with Gasteiger partial charge in [0.25, 0.3) is 0 Å². The molecule has 2 atom stereocenters. The fourth-order valence-electron chi connectivity index (χ4n) is 3.60. The van der Waals surface area contributed by atoms with Gasteiger partial charge in [0.1, 0.15) is 6.10 Å². The van der Waals surface area contributed by atoms with E-state index in [1.54, 1.807) is 0 Å². The molecule has 0 spiro atoms. The molecule has 0 aromatic heterocycles. The summed E-state index contributed by atoms with van der Waals surface area (Å²) in [7, 11) is 0. The van der Waals surface area contributed by atoms with Gasteiger partial charge >= 0.3 is 0 Å². The van der Waals surface area contributed by atoms with E-state index in [0.717, 1.165) is 38.8 Å². The van der Waals surface area contributed by atoms with Crippen LogP contribution in [-0.4, -0.2) is 41.1 Å². The molecule has 1 aliphatic heterocycles. The van der Waals surface area contributed by atoms with E-state index >= 15 is 0 Å². The number of aliphatic hydroxyl groups is 1. The van der Waals surface area contributed by atoms with E-state index in [9.17, 15) is 9.90 Å². The largest absolute Gasteiger partial charge is 0.383 e. The predicted octanol–water partition coefficient (Wildman–Crippen LogP) is 2.41. The van der Waals surface area contributed by atoms with Gasteiger partial charge < -0.3 is 10.4 Å². The van der Waals surface area contributed by atoms with Crippen LogP contribution < -0.4 is 5.32 Å². The van der Waals surface area contributed by atoms with E-state index < -0.39 is 6.10 Å². The highest BCUT2D eigenvalue weighted by Gasteiger charge is 2.34. The number of carbonyl (C=O) groups is 1. The molecule has 2 fully saturated rings. The lowest BCUT2D eigenvalue weighted by molar-refractivity contribution is -0.133. The van der Waals surface area contributed by atoms with Crippen molar-refractivity contribution in [3.63, 3.8) is 0 Å². The molecule has 0 radical (unpaired) electrons. The van der Waals surface area contributed by atoms with E-state index in [4.69, 9.17) is 0 Å². The maximum absolute atomic E-state index is 12.0. The van der Waals surface area contributed by atoms with Gasteiger partial charge in [0, 0.05) is 12.1 Å². The van der Waals surface area contributed by atoms with Crippen LogP contribution in [-0.2, 0) is 4.79 Å². The van der Waals surface area contributed by atoms with Crippen LogP contribution in [0, 0.1) is 12.8 Å². The van der Waals surface area contributed by atoms with Gasteiger partial charge in [-0.15, -0.1) is 0 Å². The summed E-state index contributed by atoms with van der Waals surface area (Å²) in [5.74, 6) is -0.0769. The molecule has 1 heterocycles. The van der Waals surface area contributed by atoms with Gasteiger partial charge in [-0.05, 0) is 69.7 Å². The first-order valence-electron chi connectivity index (χ1n) is 8.84. The Hall–Kier alpha value is -1.39. The van der Waals surface area contributed by atoms with E-state index in [2.05, 4.69) is 48.3 Å². The minimum absolute atomic E-state index is 0.0917. The highest BCUT2D eigenvalue weighted by molar-refractivity contribution is 5.81. The first-order chi connectivity index (χ1) is 11.1. The number of nitrogens with one attached hydrogen (secondary N) is 1. The van der Waals surface area contributed by atoms with Crippen LogP contribution in [0.1, 0.15) is 49.8 Å². The maximum atomic E-state index is 12.0. The number of likely N-dealkylation sites (tertiary alicyclic amines) is 1. The van der Waals surface area contributed by atoms with Gasteiger partial charge in [0.15, 0.2) is 0 Å². The molecular weight excluding hydrogens is 288 g/mol. The summed E-state index contributed by atoms with van der Waals surface area (Å²) < 4.78 is 0. The van der Waals surface area contributed by atoms with E-state index in [0.29, 0.717) is 12.1 Å². The first kappa shape index (κ1) is 16.5. The van der Waals surface area contributed by atoms with Crippen LogP contribution in [0.15, 0.2) is 24.3 Å². The second-order valence-corrected chi connectivity index (χ2v) is 7.13. The second kappa shape index (κ2) is 7.02. The van der Waals surface area contributed by atoms with Crippen molar-refractivity contribution in [3.05, 3.63) is 35.4 Å². The average molecular weight is 316 g/mol. The van der Waals surface area contributed by atoms with Crippen LogP contribution in [0.4, 0.5) is 0 Å². The summed E-state index contributed by atoms with van der Waals surface area (Å²) in [6.45, 7) is 6.28. The third kappa shape index (κ3) is 3.93. The summed E-state index contributed by atoms with van der Waals surface area (Å²) in [6, 6.07) is 9.23. The average Bonchev–Trinajstić information content (AvgIpc) is 3.38. The van der Waals surface area contributed by atoms with Gasteiger partial charge in [-0.25, -0.2) is 0 Å². The monoisotopic (exact) mass is 316 g/mol. The predicted molar refractivity (Wildman–Crippen MR) is 91.1 cm³/mol. The SMILES string of the molecule is Cc1ccccc1[C@H](C)N1CCC([C@@H](O)C(=O)NC2CC2)CC1. The fraction of sp³-hybridized carbons (Fsp3) is 0.632. The Kier molecular flexibility index (Phi) is 5.02. The van der Waals surface area contributed by atoms with Crippen molar-refractivity contribution in [2.45, 2.75) is 57.7 Å². The zero-order valence-electron chi connectivity index (χ0n) is 14.2. The standard InChI is InChI=1S/C19H28N2O2/c1-13-5-3-4-6-17(13)14(2)21-11-9-15(10-12-21)18(22)19(23)20-16-7-8-16/h3-6,14-16,18,22H,7-12H2,1-2H3,(H,20,23)/t14-,18+/m0/s1. The quantitative estimate of drug-likeness (QED) is 0.877. The van der Waals surface area contributed by atoms with E-state index in [-0.39, 0.29) is 11.8 Å². The molecule has 1 aliphatic carbocycles. The molecule has 126 valence electrons. The van der Waals surface area contributed by atoms with Crippen molar-refractivity contribution in [2.75, 3.05) is 13.1 Å². The molecule has 23 heavy (non-hydrogen) atoms. The summed E-state index contributed by atoms with van der Waals surface area (Å²) in [5.41, 5.74) is 2.70. The zero-order valence-corrected chi connectivity index (χ0v) is 14.2. The summed E-state index contributed by atoms with van der Waals surface area (Å²) in [6.07, 6.45) is 3.05. The van der Waals surface area contributed by atoms with Gasteiger partial charge in [-0.3, -0.25) is 9.69 Å². The zero-order chi connectivity index (χ0) is 16.4. The third-order valence-corrected chi connectivity index (χ3v) is 5.40. The van der Waals surface area contributed by atoms with Gasteiger partial charge in [-0.2, -0.15) is 0 Å². The second-order valence-electron chi connectivity index (χ2n) is 7.13. The van der Waals surface area contributed by atoms with Crippen molar-refractivity contribution in [1.82, 2.24) is 10.2 Å². The highest BCUT2D eigenvalue weighted by atomic mass is 16.3. The van der Waals surface area contributed by atoms with Crippen LogP contribution in [0.3, 0.4) is 0 Å². The Morgan fingerprint density at radius 1 is 1.22 bits per heavy atom. The molecule has 1 saturated carbocycles. The molecule has 2 N–H and O–H groups in total. The summed E-state index contributed by atoms with van der Waals surface area (Å²) in [5, 5.41) is 13.2. The van der Waals surface area contributed by atoms with E-state index in [1.165, 1.54) is 11.1 Å². The number of nitrogens with zero attached hydrogens (tertiary/aromatic N) is 1. The van der Waals surface area contributed by atoms with Gasteiger partial charge in [0.2, 0.25) is 5.91 Å². The van der Waals surface area contributed by atoms with Crippen LogP contribution in [0.25, 0.3) is 0 Å². The lowest BCUT2D eigenvalue weighted by Crippen LogP contribution is -2.45. The molecule has 4 heteroatoms. The minimum Gasteiger partial charge on any atom is -0.383 e. The Balaban J connectivity index is 1.53. The number of aliphatic hydroxyl groups excluding tert-OH is 1. The highest BCUT2D eigenvalue weighted by Crippen LogP contribution is 2.30. The van der Waals surface area contributed by atoms with Crippen molar-refractivity contribution >= 4 is 5.91 Å². The lowest BCUT2D eigenvalue weighted by atomic mass is 9.89. The first-order valence-corrected chi connectivity index (χ1v) is 8.84. The molecule has 0 unspecified atom stereocenters. The smallest absolute Gasteiger partial charge is 0.249 e. The van der Waals surface area contributed by atoms with Crippen molar-refractivity contribution in [1.29, 1.82) is 0 Å². The number of aryl methyl sites for hydroxylation is 1. The summed E-state index contributed by atoms with van der Waals surface area (Å²) in [4.78, 5) is 14.5.